The predicted molar refractivity (Wildman–Crippen MR) is 115 cm³/mol. The van der Waals surface area contributed by atoms with E-state index in [1.54, 1.807) is 12.1 Å². The molecule has 2 heterocycles. The molecule has 2 aromatic rings. The Kier molecular flexibility index (Phi) is 5.55. The van der Waals surface area contributed by atoms with Gasteiger partial charge in [-0.3, -0.25) is 9.59 Å². The van der Waals surface area contributed by atoms with Crippen LogP contribution in [-0.4, -0.2) is 29.5 Å². The van der Waals surface area contributed by atoms with Crippen LogP contribution < -0.4 is 14.8 Å². The zero-order valence-electron chi connectivity index (χ0n) is 17.7. The van der Waals surface area contributed by atoms with Gasteiger partial charge in [0.1, 0.15) is 5.82 Å². The van der Waals surface area contributed by atoms with Gasteiger partial charge in [-0.15, -0.1) is 0 Å². The van der Waals surface area contributed by atoms with E-state index in [9.17, 15) is 14.0 Å². The third-order valence-electron chi connectivity index (χ3n) is 6.39. The molecule has 7 heteroatoms. The minimum Gasteiger partial charge on any atom is -0.454 e. The van der Waals surface area contributed by atoms with Crippen molar-refractivity contribution in [3.63, 3.8) is 0 Å². The molecule has 1 fully saturated rings. The predicted octanol–water partition coefficient (Wildman–Crippen LogP) is 3.84. The van der Waals surface area contributed by atoms with Gasteiger partial charge in [0.25, 0.3) is 5.91 Å². The highest BCUT2D eigenvalue weighted by molar-refractivity contribution is 6.02. The zero-order chi connectivity index (χ0) is 22.1. The van der Waals surface area contributed by atoms with Crippen molar-refractivity contribution in [3.05, 3.63) is 70.6 Å². The summed E-state index contributed by atoms with van der Waals surface area (Å²) in [5.41, 5.74) is 3.52. The first-order valence-corrected chi connectivity index (χ1v) is 11.0. The van der Waals surface area contributed by atoms with Crippen LogP contribution in [0.1, 0.15) is 43.2 Å². The number of carbonyl (C=O) groups excluding carboxylic acids is 2. The molecule has 1 atom stereocenters. The number of amides is 2. The minimum atomic E-state index is -0.294. The minimum absolute atomic E-state index is 0.0398. The second kappa shape index (κ2) is 8.65. The maximum atomic E-state index is 13.3. The highest BCUT2D eigenvalue weighted by Gasteiger charge is 2.40. The smallest absolute Gasteiger partial charge is 0.251 e. The Labute approximate surface area is 186 Å². The number of nitrogens with zero attached hydrogens (tertiary/aromatic N) is 1. The Morgan fingerprint density at radius 1 is 1.06 bits per heavy atom. The van der Waals surface area contributed by atoms with Gasteiger partial charge in [-0.1, -0.05) is 24.6 Å². The molecule has 0 bridgehead atoms. The average Bonchev–Trinajstić information content (AvgIpc) is 3.37. The number of hydrogen-bond donors (Lipinski definition) is 1. The molecule has 0 radical (unpaired) electrons. The fourth-order valence-corrected chi connectivity index (χ4v) is 4.77. The first-order valence-electron chi connectivity index (χ1n) is 11.0. The highest BCUT2D eigenvalue weighted by atomic mass is 19.1. The quantitative estimate of drug-likeness (QED) is 0.747. The van der Waals surface area contributed by atoms with E-state index in [2.05, 4.69) is 5.32 Å². The molecule has 1 saturated carbocycles. The van der Waals surface area contributed by atoms with Crippen LogP contribution in [0, 0.1) is 5.82 Å². The van der Waals surface area contributed by atoms with Gasteiger partial charge in [0.05, 0.1) is 12.5 Å². The summed E-state index contributed by atoms with van der Waals surface area (Å²) in [7, 11) is 0. The van der Waals surface area contributed by atoms with Gasteiger partial charge in [0, 0.05) is 18.7 Å². The topological polar surface area (TPSA) is 67.9 Å². The van der Waals surface area contributed by atoms with Gasteiger partial charge in [-0.05, 0) is 60.2 Å². The second-order valence-corrected chi connectivity index (χ2v) is 8.47. The monoisotopic (exact) mass is 436 g/mol. The SMILES string of the molecule is O=C(CC1=C2CCCCC2N(Cc2ccc(F)cc2)C1=O)NCc1ccc2c(c1)OCO2. The van der Waals surface area contributed by atoms with Crippen molar-refractivity contribution in [1.82, 2.24) is 10.2 Å². The lowest BCUT2D eigenvalue weighted by molar-refractivity contribution is -0.129. The number of hydrogen-bond acceptors (Lipinski definition) is 4. The Morgan fingerprint density at radius 2 is 1.84 bits per heavy atom. The molecule has 3 aliphatic rings. The molecule has 1 N–H and O–H groups in total. The van der Waals surface area contributed by atoms with Crippen LogP contribution in [0.25, 0.3) is 0 Å². The molecular formula is C25H25FN2O4. The number of benzene rings is 2. The van der Waals surface area contributed by atoms with Crippen LogP contribution in [0.4, 0.5) is 4.39 Å². The molecule has 166 valence electrons. The Bertz CT molecular complexity index is 1080. The van der Waals surface area contributed by atoms with Crippen molar-refractivity contribution in [3.8, 4) is 11.5 Å². The summed E-state index contributed by atoms with van der Waals surface area (Å²) in [4.78, 5) is 27.8. The number of halogens is 1. The number of fused-ring (bicyclic) bond motifs is 2. The van der Waals surface area contributed by atoms with Crippen molar-refractivity contribution in [1.29, 1.82) is 0 Å². The third-order valence-corrected chi connectivity index (χ3v) is 6.39. The lowest BCUT2D eigenvalue weighted by Crippen LogP contribution is -2.36. The van der Waals surface area contributed by atoms with Crippen LogP contribution in [0.5, 0.6) is 11.5 Å². The number of nitrogens with one attached hydrogen (secondary N) is 1. The summed E-state index contributed by atoms with van der Waals surface area (Å²) in [6.07, 6.45) is 3.93. The van der Waals surface area contributed by atoms with E-state index >= 15 is 0 Å². The lowest BCUT2D eigenvalue weighted by atomic mass is 9.88. The summed E-state index contributed by atoms with van der Waals surface area (Å²) in [6, 6.07) is 11.9. The third kappa shape index (κ3) is 4.07. The van der Waals surface area contributed by atoms with Crippen LogP contribution >= 0.6 is 0 Å². The number of carbonyl (C=O) groups is 2. The number of rotatable bonds is 6. The van der Waals surface area contributed by atoms with E-state index in [1.165, 1.54) is 12.1 Å². The first kappa shape index (κ1) is 20.5. The van der Waals surface area contributed by atoms with Gasteiger partial charge in [-0.25, -0.2) is 4.39 Å². The van der Waals surface area contributed by atoms with Crippen LogP contribution in [0.15, 0.2) is 53.6 Å². The maximum absolute atomic E-state index is 13.3. The first-order chi connectivity index (χ1) is 15.6. The van der Waals surface area contributed by atoms with Gasteiger partial charge in [-0.2, -0.15) is 0 Å². The largest absolute Gasteiger partial charge is 0.454 e. The summed E-state index contributed by atoms with van der Waals surface area (Å²) in [5.74, 6) is 0.834. The molecule has 2 amide bonds. The fraction of sp³-hybridized carbons (Fsp3) is 0.360. The maximum Gasteiger partial charge on any atom is 0.251 e. The summed E-state index contributed by atoms with van der Waals surface area (Å²) < 4.78 is 24.0. The summed E-state index contributed by atoms with van der Waals surface area (Å²) in [6.45, 7) is 0.990. The zero-order valence-corrected chi connectivity index (χ0v) is 17.7. The second-order valence-electron chi connectivity index (χ2n) is 8.47. The molecule has 32 heavy (non-hydrogen) atoms. The van der Waals surface area contributed by atoms with Gasteiger partial charge < -0.3 is 19.7 Å². The average molecular weight is 436 g/mol. The number of ether oxygens (including phenoxy) is 2. The Morgan fingerprint density at radius 3 is 2.69 bits per heavy atom. The molecular weight excluding hydrogens is 411 g/mol. The molecule has 2 aliphatic heterocycles. The fourth-order valence-electron chi connectivity index (χ4n) is 4.77. The Balaban J connectivity index is 1.26. The molecule has 0 aromatic heterocycles. The molecule has 2 aromatic carbocycles. The highest BCUT2D eigenvalue weighted by Crippen LogP contribution is 2.39. The van der Waals surface area contributed by atoms with Gasteiger partial charge >= 0.3 is 0 Å². The van der Waals surface area contributed by atoms with Crippen molar-refractivity contribution >= 4 is 11.8 Å². The van der Waals surface area contributed by atoms with Crippen LogP contribution in [-0.2, 0) is 22.7 Å². The van der Waals surface area contributed by atoms with Crippen LogP contribution in [0.3, 0.4) is 0 Å². The molecule has 0 spiro atoms. The van der Waals surface area contributed by atoms with Crippen molar-refractivity contribution in [2.45, 2.75) is 51.2 Å². The van der Waals surface area contributed by atoms with Gasteiger partial charge in [0.15, 0.2) is 11.5 Å². The van der Waals surface area contributed by atoms with Gasteiger partial charge in [0.2, 0.25) is 12.7 Å². The van der Waals surface area contributed by atoms with Crippen LogP contribution in [0.2, 0.25) is 0 Å². The Hall–Kier alpha value is -3.35. The molecule has 5 rings (SSSR count). The molecule has 0 saturated heterocycles. The summed E-state index contributed by atoms with van der Waals surface area (Å²) >= 11 is 0. The van der Waals surface area contributed by atoms with E-state index in [0.717, 1.165) is 42.4 Å². The van der Waals surface area contributed by atoms with E-state index in [1.807, 2.05) is 23.1 Å². The van der Waals surface area contributed by atoms with E-state index in [0.29, 0.717) is 30.2 Å². The normalized spacial score (nSPS) is 19.3. The molecule has 1 unspecified atom stereocenters. The standard InChI is InChI=1S/C25H25FN2O4/c26-18-8-5-16(6-9-18)14-28-21-4-2-1-3-19(21)20(25(28)30)12-24(29)27-13-17-7-10-22-23(11-17)32-15-31-22/h5-11,21H,1-4,12-15H2,(H,27,29). The molecule has 6 nitrogen and oxygen atoms in total. The van der Waals surface area contributed by atoms with E-state index in [4.69, 9.17) is 9.47 Å². The van der Waals surface area contributed by atoms with Crippen molar-refractivity contribution in [2.24, 2.45) is 0 Å². The van der Waals surface area contributed by atoms with E-state index < -0.39 is 0 Å². The molecule has 1 aliphatic carbocycles. The van der Waals surface area contributed by atoms with E-state index in [-0.39, 0.29) is 36.9 Å². The van der Waals surface area contributed by atoms with Crippen molar-refractivity contribution < 1.29 is 23.5 Å². The summed E-state index contributed by atoms with van der Waals surface area (Å²) in [5, 5.41) is 2.92. The lowest BCUT2D eigenvalue weighted by Gasteiger charge is -2.30. The van der Waals surface area contributed by atoms with Crippen molar-refractivity contribution in [2.75, 3.05) is 6.79 Å².